The van der Waals surface area contributed by atoms with Gasteiger partial charge in [-0.05, 0) is 65.8 Å². The monoisotopic (exact) mass is 278 g/mol. The lowest BCUT2D eigenvalue weighted by Crippen LogP contribution is -2.17. The summed E-state index contributed by atoms with van der Waals surface area (Å²) in [5.74, 6) is 0. The lowest BCUT2D eigenvalue weighted by Gasteiger charge is -2.19. The quantitative estimate of drug-likeness (QED) is 0.897. The molecule has 1 saturated heterocycles. The molecule has 0 spiro atoms. The molecule has 0 atom stereocenters. The molecule has 2 aliphatic rings. The first-order valence-corrected chi connectivity index (χ1v) is 8.00. The largest absolute Gasteiger partial charge is 0.372 e. The highest BCUT2D eigenvalue weighted by Crippen LogP contribution is 2.31. The molecule has 108 valence electrons. The second-order valence-corrected chi connectivity index (χ2v) is 6.28. The SMILES string of the molecule is Cc1cc(N2CCCC2)ccc1-c1ccc2c(c1)CNC2. The van der Waals surface area contributed by atoms with Gasteiger partial charge in [0.25, 0.3) is 0 Å². The molecule has 2 aliphatic heterocycles. The van der Waals surface area contributed by atoms with Crippen LogP contribution in [0.25, 0.3) is 11.1 Å². The van der Waals surface area contributed by atoms with E-state index >= 15 is 0 Å². The van der Waals surface area contributed by atoms with Crippen molar-refractivity contribution in [2.24, 2.45) is 0 Å². The highest BCUT2D eigenvalue weighted by Gasteiger charge is 2.15. The van der Waals surface area contributed by atoms with Gasteiger partial charge in [-0.2, -0.15) is 0 Å². The van der Waals surface area contributed by atoms with Crippen LogP contribution < -0.4 is 10.2 Å². The van der Waals surface area contributed by atoms with E-state index in [2.05, 4.69) is 53.5 Å². The minimum Gasteiger partial charge on any atom is -0.372 e. The number of aryl methyl sites for hydroxylation is 1. The lowest BCUT2D eigenvalue weighted by molar-refractivity contribution is 0.765. The average Bonchev–Trinajstić information content (AvgIpc) is 3.18. The zero-order chi connectivity index (χ0) is 14.2. The topological polar surface area (TPSA) is 15.3 Å². The van der Waals surface area contributed by atoms with Crippen LogP contribution in [0.3, 0.4) is 0 Å². The van der Waals surface area contributed by atoms with Crippen molar-refractivity contribution >= 4 is 5.69 Å². The number of rotatable bonds is 2. The van der Waals surface area contributed by atoms with Crippen molar-refractivity contribution in [1.29, 1.82) is 0 Å². The van der Waals surface area contributed by atoms with Gasteiger partial charge < -0.3 is 10.2 Å². The molecule has 1 fully saturated rings. The molecule has 1 N–H and O–H groups in total. The summed E-state index contributed by atoms with van der Waals surface area (Å²) in [5.41, 5.74) is 8.39. The van der Waals surface area contributed by atoms with E-state index in [1.165, 1.54) is 59.4 Å². The molecule has 2 aromatic rings. The molecule has 21 heavy (non-hydrogen) atoms. The van der Waals surface area contributed by atoms with Gasteiger partial charge in [0.05, 0.1) is 0 Å². The number of hydrogen-bond acceptors (Lipinski definition) is 2. The lowest BCUT2D eigenvalue weighted by atomic mass is 9.96. The Morgan fingerprint density at radius 3 is 2.52 bits per heavy atom. The number of anilines is 1. The van der Waals surface area contributed by atoms with Crippen LogP contribution in [0.2, 0.25) is 0 Å². The summed E-state index contributed by atoms with van der Waals surface area (Å²) in [6.07, 6.45) is 2.66. The van der Waals surface area contributed by atoms with Gasteiger partial charge in [0.1, 0.15) is 0 Å². The third-order valence-electron chi connectivity index (χ3n) is 4.83. The van der Waals surface area contributed by atoms with Gasteiger partial charge in [-0.15, -0.1) is 0 Å². The Bertz CT molecular complexity index is 669. The van der Waals surface area contributed by atoms with Crippen LogP contribution in [-0.4, -0.2) is 13.1 Å². The van der Waals surface area contributed by atoms with Gasteiger partial charge in [0.15, 0.2) is 0 Å². The first kappa shape index (κ1) is 12.9. The molecule has 2 heteroatoms. The van der Waals surface area contributed by atoms with E-state index < -0.39 is 0 Å². The summed E-state index contributed by atoms with van der Waals surface area (Å²) < 4.78 is 0. The van der Waals surface area contributed by atoms with E-state index in [0.29, 0.717) is 0 Å². The molecule has 2 aromatic carbocycles. The van der Waals surface area contributed by atoms with Crippen molar-refractivity contribution in [3.63, 3.8) is 0 Å². The van der Waals surface area contributed by atoms with Crippen molar-refractivity contribution < 1.29 is 0 Å². The Balaban J connectivity index is 1.68. The van der Waals surface area contributed by atoms with Crippen molar-refractivity contribution in [3.8, 4) is 11.1 Å². The van der Waals surface area contributed by atoms with E-state index in [0.717, 1.165) is 13.1 Å². The van der Waals surface area contributed by atoms with E-state index in [9.17, 15) is 0 Å². The predicted molar refractivity (Wildman–Crippen MR) is 88.6 cm³/mol. The Morgan fingerprint density at radius 2 is 1.71 bits per heavy atom. The van der Waals surface area contributed by atoms with Crippen LogP contribution in [0.4, 0.5) is 5.69 Å². The zero-order valence-corrected chi connectivity index (χ0v) is 12.7. The summed E-state index contributed by atoms with van der Waals surface area (Å²) in [7, 11) is 0. The third kappa shape index (κ3) is 2.34. The molecule has 2 nitrogen and oxygen atoms in total. The maximum atomic E-state index is 3.42. The Labute approximate surface area is 126 Å². The van der Waals surface area contributed by atoms with Crippen molar-refractivity contribution in [2.45, 2.75) is 32.9 Å². The summed E-state index contributed by atoms with van der Waals surface area (Å²) in [4.78, 5) is 2.50. The summed E-state index contributed by atoms with van der Waals surface area (Å²) in [6, 6.07) is 13.8. The van der Waals surface area contributed by atoms with Gasteiger partial charge in [-0.1, -0.05) is 18.2 Å². The Hall–Kier alpha value is -1.80. The van der Waals surface area contributed by atoms with Crippen molar-refractivity contribution in [2.75, 3.05) is 18.0 Å². The van der Waals surface area contributed by atoms with Gasteiger partial charge in [0.2, 0.25) is 0 Å². The fraction of sp³-hybridized carbons (Fsp3) is 0.368. The number of hydrogen-bond donors (Lipinski definition) is 1. The average molecular weight is 278 g/mol. The first-order valence-electron chi connectivity index (χ1n) is 8.00. The molecule has 0 unspecified atom stereocenters. The molecule has 0 saturated carbocycles. The van der Waals surface area contributed by atoms with Crippen LogP contribution in [0.1, 0.15) is 29.5 Å². The standard InChI is InChI=1S/C19H22N2/c1-14-10-18(21-8-2-3-9-21)6-7-19(14)15-4-5-16-12-20-13-17(16)11-15/h4-7,10-11,20H,2-3,8-9,12-13H2,1H3. The first-order chi connectivity index (χ1) is 10.3. The molecule has 0 aliphatic carbocycles. The second-order valence-electron chi connectivity index (χ2n) is 6.28. The van der Waals surface area contributed by atoms with Gasteiger partial charge in [-0.25, -0.2) is 0 Å². The van der Waals surface area contributed by atoms with Gasteiger partial charge in [0, 0.05) is 31.9 Å². The van der Waals surface area contributed by atoms with E-state index in [-0.39, 0.29) is 0 Å². The maximum Gasteiger partial charge on any atom is 0.0369 e. The summed E-state index contributed by atoms with van der Waals surface area (Å²) in [5, 5.41) is 3.42. The predicted octanol–water partition coefficient (Wildman–Crippen LogP) is 3.87. The fourth-order valence-electron chi connectivity index (χ4n) is 3.61. The molecule has 0 radical (unpaired) electrons. The van der Waals surface area contributed by atoms with Crippen molar-refractivity contribution in [1.82, 2.24) is 5.32 Å². The van der Waals surface area contributed by atoms with Crippen LogP contribution in [0.5, 0.6) is 0 Å². The highest BCUT2D eigenvalue weighted by molar-refractivity contribution is 5.71. The Morgan fingerprint density at radius 1 is 0.905 bits per heavy atom. The molecule has 2 heterocycles. The van der Waals surface area contributed by atoms with Crippen LogP contribution >= 0.6 is 0 Å². The van der Waals surface area contributed by atoms with E-state index in [1.807, 2.05) is 0 Å². The van der Waals surface area contributed by atoms with E-state index in [1.54, 1.807) is 0 Å². The van der Waals surface area contributed by atoms with Gasteiger partial charge >= 0.3 is 0 Å². The number of benzene rings is 2. The smallest absolute Gasteiger partial charge is 0.0369 e. The summed E-state index contributed by atoms with van der Waals surface area (Å²) in [6.45, 7) is 6.68. The van der Waals surface area contributed by atoms with Crippen LogP contribution in [0.15, 0.2) is 36.4 Å². The van der Waals surface area contributed by atoms with Crippen LogP contribution in [-0.2, 0) is 13.1 Å². The van der Waals surface area contributed by atoms with Crippen molar-refractivity contribution in [3.05, 3.63) is 53.1 Å². The number of nitrogens with zero attached hydrogens (tertiary/aromatic N) is 1. The van der Waals surface area contributed by atoms with Gasteiger partial charge in [-0.3, -0.25) is 0 Å². The summed E-state index contributed by atoms with van der Waals surface area (Å²) >= 11 is 0. The molecule has 0 aromatic heterocycles. The normalized spacial score (nSPS) is 17.3. The Kier molecular flexibility index (Phi) is 3.19. The molecular weight excluding hydrogens is 256 g/mol. The third-order valence-corrected chi connectivity index (χ3v) is 4.83. The highest BCUT2D eigenvalue weighted by atomic mass is 15.1. The molecule has 0 bridgehead atoms. The molecule has 0 amide bonds. The fourth-order valence-corrected chi connectivity index (χ4v) is 3.61. The minimum absolute atomic E-state index is 1.01. The minimum atomic E-state index is 1.01. The zero-order valence-electron chi connectivity index (χ0n) is 12.7. The number of fused-ring (bicyclic) bond motifs is 1. The van der Waals surface area contributed by atoms with E-state index in [4.69, 9.17) is 0 Å². The van der Waals surface area contributed by atoms with Crippen LogP contribution in [0, 0.1) is 6.92 Å². The maximum absolute atomic E-state index is 3.42. The molecular formula is C19H22N2. The number of nitrogens with one attached hydrogen (secondary N) is 1. The molecule has 4 rings (SSSR count). The second kappa shape index (κ2) is 5.19.